The summed E-state index contributed by atoms with van der Waals surface area (Å²) < 4.78 is 5.01. The van der Waals surface area contributed by atoms with E-state index in [9.17, 15) is 4.79 Å². The van der Waals surface area contributed by atoms with Gasteiger partial charge in [0, 0.05) is 17.1 Å². The average Bonchev–Trinajstić information content (AvgIpc) is 3.17. The molecule has 0 bridgehead atoms. The van der Waals surface area contributed by atoms with Gasteiger partial charge in [-0.25, -0.2) is 9.97 Å². The number of carbonyl (C=O) groups excluding carboxylic acids is 1. The molecular formula is C13H9ClN4OS3. The molecular weight excluding hydrogens is 360 g/mol. The monoisotopic (exact) mass is 368 g/mol. The van der Waals surface area contributed by atoms with Crippen molar-refractivity contribution in [3.63, 3.8) is 0 Å². The molecule has 0 spiro atoms. The minimum atomic E-state index is -0.116. The molecule has 0 unspecified atom stereocenters. The summed E-state index contributed by atoms with van der Waals surface area (Å²) >= 11 is 10.1. The highest BCUT2D eigenvalue weighted by atomic mass is 35.5. The van der Waals surface area contributed by atoms with Crippen LogP contribution >= 0.6 is 46.2 Å². The van der Waals surface area contributed by atoms with Crippen LogP contribution in [0.5, 0.6) is 0 Å². The van der Waals surface area contributed by atoms with Crippen LogP contribution in [0, 0.1) is 0 Å². The summed E-state index contributed by atoms with van der Waals surface area (Å²) in [6.45, 7) is 0. The Kier molecular flexibility index (Phi) is 5.04. The van der Waals surface area contributed by atoms with Gasteiger partial charge in [-0.05, 0) is 23.7 Å². The van der Waals surface area contributed by atoms with Crippen LogP contribution in [0.3, 0.4) is 0 Å². The lowest BCUT2D eigenvalue weighted by Crippen LogP contribution is -2.13. The predicted molar refractivity (Wildman–Crippen MR) is 91.8 cm³/mol. The topological polar surface area (TPSA) is 67.8 Å². The summed E-state index contributed by atoms with van der Waals surface area (Å²) in [6, 6.07) is 7.41. The van der Waals surface area contributed by atoms with Crippen LogP contribution in [0.4, 0.5) is 5.13 Å². The molecule has 2 heterocycles. The highest BCUT2D eigenvalue weighted by Gasteiger charge is 2.12. The number of anilines is 1. The molecule has 0 aliphatic heterocycles. The number of amides is 1. The third kappa shape index (κ3) is 3.83. The van der Waals surface area contributed by atoms with Gasteiger partial charge in [0.05, 0.1) is 10.8 Å². The van der Waals surface area contributed by atoms with E-state index in [1.54, 1.807) is 12.3 Å². The first kappa shape index (κ1) is 15.4. The zero-order valence-electron chi connectivity index (χ0n) is 11.0. The van der Waals surface area contributed by atoms with Gasteiger partial charge in [-0.2, -0.15) is 4.37 Å². The van der Waals surface area contributed by atoms with E-state index in [2.05, 4.69) is 19.7 Å². The number of nitrogens with one attached hydrogen (secondary N) is 1. The number of hydrogen-bond acceptors (Lipinski definition) is 7. The van der Waals surface area contributed by atoms with Crippen LogP contribution < -0.4 is 5.32 Å². The molecule has 5 nitrogen and oxygen atoms in total. The van der Waals surface area contributed by atoms with Gasteiger partial charge in [0.1, 0.15) is 0 Å². The van der Waals surface area contributed by atoms with Crippen molar-refractivity contribution in [2.24, 2.45) is 0 Å². The molecule has 0 saturated heterocycles. The first-order valence-electron chi connectivity index (χ1n) is 6.13. The van der Waals surface area contributed by atoms with Gasteiger partial charge in [0.25, 0.3) is 0 Å². The first-order chi connectivity index (χ1) is 10.7. The van der Waals surface area contributed by atoms with Crippen LogP contribution in [0.15, 0.2) is 40.2 Å². The fourth-order valence-electron chi connectivity index (χ4n) is 1.59. The minimum absolute atomic E-state index is 0.116. The number of rotatable bonds is 5. The number of halogens is 1. The van der Waals surface area contributed by atoms with Gasteiger partial charge in [-0.1, -0.05) is 35.5 Å². The lowest BCUT2D eigenvalue weighted by Gasteiger charge is -1.99. The minimum Gasteiger partial charge on any atom is -0.301 e. The number of aromatic nitrogens is 3. The maximum Gasteiger partial charge on any atom is 0.236 e. The van der Waals surface area contributed by atoms with Crippen molar-refractivity contribution in [2.75, 3.05) is 11.1 Å². The van der Waals surface area contributed by atoms with E-state index < -0.39 is 0 Å². The molecule has 1 N–H and O–H groups in total. The third-order valence-electron chi connectivity index (χ3n) is 2.53. The molecule has 9 heteroatoms. The number of nitrogens with zero attached hydrogens (tertiary/aromatic N) is 3. The Morgan fingerprint density at radius 3 is 3.00 bits per heavy atom. The summed E-state index contributed by atoms with van der Waals surface area (Å²) in [6.07, 6.45) is 1.65. The molecule has 0 atom stereocenters. The highest BCUT2D eigenvalue weighted by Crippen LogP contribution is 2.29. The van der Waals surface area contributed by atoms with Crippen LogP contribution in [0.2, 0.25) is 5.02 Å². The van der Waals surface area contributed by atoms with Gasteiger partial charge < -0.3 is 5.32 Å². The second-order valence-corrected chi connectivity index (χ2v) is 7.31. The number of thioether (sulfide) groups is 1. The molecule has 112 valence electrons. The second kappa shape index (κ2) is 7.19. The summed E-state index contributed by atoms with van der Waals surface area (Å²) in [5.41, 5.74) is 0.791. The van der Waals surface area contributed by atoms with E-state index in [0.29, 0.717) is 16.0 Å². The van der Waals surface area contributed by atoms with Crippen LogP contribution in [-0.2, 0) is 4.79 Å². The second-order valence-electron chi connectivity index (χ2n) is 4.04. The van der Waals surface area contributed by atoms with Crippen molar-refractivity contribution in [3.05, 3.63) is 40.9 Å². The zero-order valence-corrected chi connectivity index (χ0v) is 14.2. The molecule has 0 fully saturated rings. The van der Waals surface area contributed by atoms with Crippen molar-refractivity contribution >= 4 is 57.3 Å². The van der Waals surface area contributed by atoms with Gasteiger partial charge in [-0.15, -0.1) is 11.3 Å². The van der Waals surface area contributed by atoms with E-state index in [4.69, 9.17) is 11.6 Å². The molecule has 1 aromatic carbocycles. The Morgan fingerprint density at radius 2 is 2.23 bits per heavy atom. The van der Waals surface area contributed by atoms with Crippen LogP contribution in [-0.4, -0.2) is 26.0 Å². The Morgan fingerprint density at radius 1 is 1.36 bits per heavy atom. The molecule has 0 saturated carbocycles. The van der Waals surface area contributed by atoms with Crippen molar-refractivity contribution in [1.82, 2.24) is 14.3 Å². The van der Waals surface area contributed by atoms with E-state index in [1.165, 1.54) is 34.6 Å². The normalized spacial score (nSPS) is 10.6. The van der Waals surface area contributed by atoms with Crippen LogP contribution in [0.1, 0.15) is 0 Å². The Bertz CT molecular complexity index is 775. The smallest absolute Gasteiger partial charge is 0.236 e. The summed E-state index contributed by atoms with van der Waals surface area (Å²) in [4.78, 5) is 20.2. The van der Waals surface area contributed by atoms with E-state index in [0.717, 1.165) is 9.90 Å². The third-order valence-corrected chi connectivity index (χ3v) is 5.38. The van der Waals surface area contributed by atoms with E-state index in [1.807, 2.05) is 23.6 Å². The van der Waals surface area contributed by atoms with Gasteiger partial charge in [-0.3, -0.25) is 4.79 Å². The van der Waals surface area contributed by atoms with Crippen molar-refractivity contribution in [2.45, 2.75) is 4.34 Å². The molecule has 22 heavy (non-hydrogen) atoms. The SMILES string of the molecule is O=C(CSc1nc(-c2ccccc2Cl)ns1)Nc1nccs1. The standard InChI is InChI=1S/C13H9ClN4OS3/c14-9-4-2-1-3-8(9)11-17-13(22-18-11)21-7-10(19)16-12-15-5-6-20-12/h1-6H,7H2,(H,15,16,19). The fraction of sp³-hybridized carbons (Fsp3) is 0.0769. The number of thiazole rings is 1. The Balaban J connectivity index is 1.60. The zero-order chi connectivity index (χ0) is 15.4. The largest absolute Gasteiger partial charge is 0.301 e. The number of carbonyl (C=O) groups is 1. The maximum absolute atomic E-state index is 11.8. The first-order valence-corrected chi connectivity index (χ1v) is 9.15. The van der Waals surface area contributed by atoms with Crippen molar-refractivity contribution < 1.29 is 4.79 Å². The fourth-order valence-corrected chi connectivity index (χ4v) is 3.76. The predicted octanol–water partition coefficient (Wildman–Crippen LogP) is 4.05. The lowest BCUT2D eigenvalue weighted by atomic mass is 10.2. The molecule has 3 aromatic rings. The summed E-state index contributed by atoms with van der Waals surface area (Å²) in [5.74, 6) is 0.726. The molecule has 0 aliphatic rings. The Hall–Kier alpha value is -1.48. The molecule has 0 radical (unpaired) electrons. The molecule has 0 aliphatic carbocycles. The van der Waals surface area contributed by atoms with E-state index in [-0.39, 0.29) is 11.7 Å². The molecule has 2 aromatic heterocycles. The van der Waals surface area contributed by atoms with Gasteiger partial charge in [0.2, 0.25) is 5.91 Å². The molecule has 1 amide bonds. The maximum atomic E-state index is 11.8. The molecule has 3 rings (SSSR count). The summed E-state index contributed by atoms with van der Waals surface area (Å²) in [7, 11) is 0. The van der Waals surface area contributed by atoms with Gasteiger partial charge in [0.15, 0.2) is 15.3 Å². The summed E-state index contributed by atoms with van der Waals surface area (Å²) in [5, 5.41) is 5.74. The lowest BCUT2D eigenvalue weighted by molar-refractivity contribution is -0.113. The number of hydrogen-bond donors (Lipinski definition) is 1. The highest BCUT2D eigenvalue weighted by molar-refractivity contribution is 8.01. The van der Waals surface area contributed by atoms with Crippen molar-refractivity contribution in [1.29, 1.82) is 0 Å². The van der Waals surface area contributed by atoms with Crippen molar-refractivity contribution in [3.8, 4) is 11.4 Å². The van der Waals surface area contributed by atoms with E-state index >= 15 is 0 Å². The van der Waals surface area contributed by atoms with Gasteiger partial charge >= 0.3 is 0 Å². The van der Waals surface area contributed by atoms with Crippen LogP contribution in [0.25, 0.3) is 11.4 Å². The number of benzene rings is 1. The average molecular weight is 369 g/mol. The quantitative estimate of drug-likeness (QED) is 0.688. The Labute approximate surface area is 143 Å².